The van der Waals surface area contributed by atoms with Crippen molar-refractivity contribution < 1.29 is 23.8 Å². The van der Waals surface area contributed by atoms with Gasteiger partial charge < -0.3 is 24.1 Å². The molecule has 184 valence electrons. The highest BCUT2D eigenvalue weighted by atomic mass is 16.5. The van der Waals surface area contributed by atoms with Gasteiger partial charge in [0, 0.05) is 35.9 Å². The predicted octanol–water partition coefficient (Wildman–Crippen LogP) is 3.68. The number of methoxy groups -OCH3 is 2. The number of anilines is 1. The molecule has 2 aromatic heterocycles. The minimum Gasteiger partial charge on any atom is -0.494 e. The van der Waals surface area contributed by atoms with Crippen LogP contribution in [-0.4, -0.2) is 42.1 Å². The van der Waals surface area contributed by atoms with Gasteiger partial charge in [0.25, 0.3) is 0 Å². The molecule has 0 aliphatic carbocycles. The van der Waals surface area contributed by atoms with Gasteiger partial charge in [0.2, 0.25) is 11.3 Å². The molecular formula is C27H25N3O6. The fourth-order valence-electron chi connectivity index (χ4n) is 3.82. The molecule has 0 atom stereocenters. The second kappa shape index (κ2) is 10.7. The molecule has 4 rings (SSSR count). The average molecular weight is 488 g/mol. The molecule has 2 heterocycles. The second-order valence-corrected chi connectivity index (χ2v) is 7.79. The van der Waals surface area contributed by atoms with Crippen molar-refractivity contribution in [1.29, 1.82) is 0 Å². The number of hydrogen-bond acceptors (Lipinski definition) is 7. The molecule has 0 saturated heterocycles. The summed E-state index contributed by atoms with van der Waals surface area (Å²) in [7, 11) is 2.94. The Bertz CT molecular complexity index is 1460. The van der Waals surface area contributed by atoms with Crippen molar-refractivity contribution >= 4 is 28.3 Å². The van der Waals surface area contributed by atoms with Gasteiger partial charge >= 0.3 is 0 Å². The molecule has 1 amide bonds. The molecule has 1 N–H and O–H groups in total. The van der Waals surface area contributed by atoms with Crippen LogP contribution in [0.15, 0.2) is 71.9 Å². The van der Waals surface area contributed by atoms with Gasteiger partial charge in [-0.25, -0.2) is 0 Å². The molecule has 0 radical (unpaired) electrons. The lowest BCUT2D eigenvalue weighted by Crippen LogP contribution is -2.24. The summed E-state index contributed by atoms with van der Waals surface area (Å²) in [5, 5.41) is 3.05. The van der Waals surface area contributed by atoms with Gasteiger partial charge in [0.05, 0.1) is 37.3 Å². The van der Waals surface area contributed by atoms with E-state index in [1.54, 1.807) is 34.9 Å². The van der Waals surface area contributed by atoms with Gasteiger partial charge in [0.15, 0.2) is 17.3 Å². The highest BCUT2D eigenvalue weighted by Gasteiger charge is 2.20. The zero-order chi connectivity index (χ0) is 25.7. The number of rotatable bonds is 9. The molecule has 9 heteroatoms. The van der Waals surface area contributed by atoms with Crippen LogP contribution in [-0.2, 0) is 11.3 Å². The van der Waals surface area contributed by atoms with E-state index >= 15 is 0 Å². The van der Waals surface area contributed by atoms with E-state index in [-0.39, 0.29) is 23.4 Å². The Morgan fingerprint density at radius 2 is 1.64 bits per heavy atom. The standard InChI is InChI=1S/C27H25N3O6/c1-4-36-19-7-5-18(6-8-19)29-25(31)16-30-15-21(26(32)17-9-11-28-12-10-17)27(33)20-13-23(34-2)24(35-3)14-22(20)30/h5-15H,4,16H2,1-3H3,(H,29,31). The van der Waals surface area contributed by atoms with Crippen LogP contribution >= 0.6 is 0 Å². The van der Waals surface area contributed by atoms with Crippen molar-refractivity contribution in [1.82, 2.24) is 9.55 Å². The van der Waals surface area contributed by atoms with Crippen LogP contribution in [0.5, 0.6) is 17.2 Å². The van der Waals surface area contributed by atoms with Gasteiger partial charge in [-0.1, -0.05) is 0 Å². The van der Waals surface area contributed by atoms with E-state index in [0.29, 0.717) is 40.6 Å². The lowest BCUT2D eigenvalue weighted by atomic mass is 10.0. The number of fused-ring (bicyclic) bond motifs is 1. The maximum Gasteiger partial charge on any atom is 0.244 e. The van der Waals surface area contributed by atoms with E-state index in [9.17, 15) is 14.4 Å². The van der Waals surface area contributed by atoms with Gasteiger partial charge in [-0.3, -0.25) is 19.4 Å². The Kier molecular flexibility index (Phi) is 7.29. The van der Waals surface area contributed by atoms with Gasteiger partial charge in [-0.05, 0) is 49.4 Å². The number of amides is 1. The molecule has 0 spiro atoms. The third-order valence-corrected chi connectivity index (χ3v) is 5.54. The van der Waals surface area contributed by atoms with Crippen molar-refractivity contribution in [3.8, 4) is 17.2 Å². The summed E-state index contributed by atoms with van der Waals surface area (Å²) in [4.78, 5) is 43.4. The predicted molar refractivity (Wildman–Crippen MR) is 135 cm³/mol. The summed E-state index contributed by atoms with van der Waals surface area (Å²) in [6.07, 6.45) is 4.35. The highest BCUT2D eigenvalue weighted by Crippen LogP contribution is 2.31. The molecule has 9 nitrogen and oxygen atoms in total. The summed E-state index contributed by atoms with van der Waals surface area (Å²) in [6, 6.07) is 13.2. The molecule has 0 saturated carbocycles. The normalized spacial score (nSPS) is 10.6. The summed E-state index contributed by atoms with van der Waals surface area (Å²) in [5.41, 5.74) is 0.768. The van der Waals surface area contributed by atoms with Crippen molar-refractivity contribution in [3.63, 3.8) is 0 Å². The number of ether oxygens (including phenoxy) is 3. The lowest BCUT2D eigenvalue weighted by molar-refractivity contribution is -0.116. The quantitative estimate of drug-likeness (QED) is 0.359. The van der Waals surface area contributed by atoms with Gasteiger partial charge in [-0.15, -0.1) is 0 Å². The smallest absolute Gasteiger partial charge is 0.244 e. The summed E-state index contributed by atoms with van der Waals surface area (Å²) in [5.74, 6) is 0.599. The van der Waals surface area contributed by atoms with Crippen molar-refractivity contribution in [2.45, 2.75) is 13.5 Å². The minimum atomic E-state index is -0.476. The number of nitrogens with one attached hydrogen (secondary N) is 1. The Morgan fingerprint density at radius 3 is 2.28 bits per heavy atom. The molecular weight excluding hydrogens is 462 g/mol. The Morgan fingerprint density at radius 1 is 0.972 bits per heavy atom. The zero-order valence-corrected chi connectivity index (χ0v) is 20.1. The maximum atomic E-state index is 13.4. The first-order valence-corrected chi connectivity index (χ1v) is 11.2. The third-order valence-electron chi connectivity index (χ3n) is 5.54. The van der Waals surface area contributed by atoms with Crippen LogP contribution in [0, 0.1) is 0 Å². The lowest BCUT2D eigenvalue weighted by Gasteiger charge is -2.16. The van der Waals surface area contributed by atoms with Crippen LogP contribution in [0.1, 0.15) is 22.8 Å². The summed E-state index contributed by atoms with van der Waals surface area (Å²) in [6.45, 7) is 2.28. The molecule has 2 aromatic carbocycles. The number of nitrogens with zero attached hydrogens (tertiary/aromatic N) is 2. The monoisotopic (exact) mass is 487 g/mol. The number of carbonyl (C=O) groups excluding carboxylic acids is 2. The molecule has 0 bridgehead atoms. The summed E-state index contributed by atoms with van der Waals surface area (Å²) < 4.78 is 17.7. The molecule has 0 fully saturated rings. The van der Waals surface area contributed by atoms with Crippen LogP contribution in [0.25, 0.3) is 10.9 Å². The molecule has 0 aliphatic rings. The number of carbonyl (C=O) groups is 2. The Balaban J connectivity index is 1.76. The number of pyridine rings is 2. The molecule has 36 heavy (non-hydrogen) atoms. The first-order valence-electron chi connectivity index (χ1n) is 11.2. The number of ketones is 1. The molecule has 0 aliphatic heterocycles. The minimum absolute atomic E-state index is 0.0743. The topological polar surface area (TPSA) is 109 Å². The fourth-order valence-corrected chi connectivity index (χ4v) is 3.82. The van der Waals surface area contributed by atoms with Crippen LogP contribution in [0.4, 0.5) is 5.69 Å². The van der Waals surface area contributed by atoms with E-state index in [4.69, 9.17) is 14.2 Å². The van der Waals surface area contributed by atoms with Crippen molar-refractivity contribution in [3.05, 3.63) is 88.5 Å². The SMILES string of the molecule is CCOc1ccc(NC(=O)Cn2cc(C(=O)c3ccncc3)c(=O)c3cc(OC)c(OC)cc32)cc1. The van der Waals surface area contributed by atoms with Gasteiger partial charge in [0.1, 0.15) is 12.3 Å². The van der Waals surface area contributed by atoms with E-state index in [1.165, 1.54) is 51.0 Å². The first kappa shape index (κ1) is 24.5. The van der Waals surface area contributed by atoms with Crippen LogP contribution < -0.4 is 25.0 Å². The first-order chi connectivity index (χ1) is 17.4. The van der Waals surface area contributed by atoms with Crippen molar-refractivity contribution in [2.75, 3.05) is 26.1 Å². The van der Waals surface area contributed by atoms with Gasteiger partial charge in [-0.2, -0.15) is 0 Å². The number of aromatic nitrogens is 2. The second-order valence-electron chi connectivity index (χ2n) is 7.79. The van der Waals surface area contributed by atoms with E-state index < -0.39 is 11.2 Å². The highest BCUT2D eigenvalue weighted by molar-refractivity contribution is 6.10. The number of hydrogen-bond donors (Lipinski definition) is 1. The molecule has 0 unspecified atom stereocenters. The van der Waals surface area contributed by atoms with E-state index in [2.05, 4.69) is 10.3 Å². The Labute approximate surface area is 207 Å². The fraction of sp³-hybridized carbons (Fsp3) is 0.185. The largest absolute Gasteiger partial charge is 0.494 e. The average Bonchev–Trinajstić information content (AvgIpc) is 2.90. The van der Waals surface area contributed by atoms with Crippen LogP contribution in [0.2, 0.25) is 0 Å². The third kappa shape index (κ3) is 5.05. The molecule has 4 aromatic rings. The van der Waals surface area contributed by atoms with Crippen molar-refractivity contribution in [2.24, 2.45) is 0 Å². The van der Waals surface area contributed by atoms with E-state index in [0.717, 1.165) is 0 Å². The zero-order valence-electron chi connectivity index (χ0n) is 20.1. The van der Waals surface area contributed by atoms with E-state index in [1.807, 2.05) is 6.92 Å². The maximum absolute atomic E-state index is 13.4. The summed E-state index contributed by atoms with van der Waals surface area (Å²) >= 11 is 0. The Hall–Kier alpha value is -4.66. The van der Waals surface area contributed by atoms with Crippen LogP contribution in [0.3, 0.4) is 0 Å². The number of benzene rings is 2.